The lowest BCUT2D eigenvalue weighted by atomic mass is 9.97. The minimum absolute atomic E-state index is 0.0366. The molecule has 1 unspecified atom stereocenters. The summed E-state index contributed by atoms with van der Waals surface area (Å²) in [5.74, 6) is -0.711. The van der Waals surface area contributed by atoms with Gasteiger partial charge < -0.3 is 10.6 Å². The van der Waals surface area contributed by atoms with Crippen molar-refractivity contribution in [2.45, 2.75) is 25.6 Å². The summed E-state index contributed by atoms with van der Waals surface area (Å²) in [5, 5.41) is 0. The van der Waals surface area contributed by atoms with Crippen molar-refractivity contribution >= 4 is 21.7 Å². The highest BCUT2D eigenvalue weighted by Crippen LogP contribution is 2.35. The lowest BCUT2D eigenvalue weighted by Gasteiger charge is -2.35. The monoisotopic (exact) mass is 337 g/mol. The van der Waals surface area contributed by atoms with Crippen LogP contribution in [0.2, 0.25) is 0 Å². The quantitative estimate of drug-likeness (QED) is 0.901. The molecule has 0 saturated carbocycles. The second kappa shape index (κ2) is 5.66. The third-order valence-corrected chi connectivity index (χ3v) is 3.75. The van der Waals surface area contributed by atoms with E-state index in [2.05, 4.69) is 20.9 Å². The average Bonchev–Trinajstić information content (AvgIpc) is 2.37. The molecule has 3 nitrogen and oxygen atoms in total. The van der Waals surface area contributed by atoms with Gasteiger partial charge in [-0.15, -0.1) is 0 Å². The highest BCUT2D eigenvalue weighted by Gasteiger charge is 2.42. The second-order valence-corrected chi connectivity index (χ2v) is 5.58. The number of aromatic nitrogens is 1. The van der Waals surface area contributed by atoms with Crippen LogP contribution in [0.4, 0.5) is 19.0 Å². The summed E-state index contributed by atoms with van der Waals surface area (Å²) in [6.07, 6.45) is -1.84. The number of halogens is 4. The SMILES string of the molecule is NCc1cc(Br)cnc1N1CCCC(C(F)(F)F)C1. The third kappa shape index (κ3) is 3.39. The number of nitrogens with zero attached hydrogens (tertiary/aromatic N) is 2. The first-order chi connectivity index (χ1) is 8.91. The molecule has 1 fully saturated rings. The molecule has 2 rings (SSSR count). The molecule has 7 heteroatoms. The van der Waals surface area contributed by atoms with E-state index in [0.29, 0.717) is 18.8 Å². The first kappa shape index (κ1) is 14.6. The Bertz CT molecular complexity index is 450. The Morgan fingerprint density at radius 2 is 2.21 bits per heavy atom. The molecule has 0 aliphatic carbocycles. The van der Waals surface area contributed by atoms with Crippen LogP contribution in [-0.2, 0) is 6.54 Å². The lowest BCUT2D eigenvalue weighted by Crippen LogP contribution is -2.42. The molecule has 0 bridgehead atoms. The fourth-order valence-corrected chi connectivity index (χ4v) is 2.72. The molecule has 19 heavy (non-hydrogen) atoms. The molecule has 1 aromatic heterocycles. The van der Waals surface area contributed by atoms with Crippen molar-refractivity contribution in [1.82, 2.24) is 4.98 Å². The molecule has 1 aliphatic heterocycles. The van der Waals surface area contributed by atoms with Crippen LogP contribution in [0.3, 0.4) is 0 Å². The highest BCUT2D eigenvalue weighted by molar-refractivity contribution is 9.10. The fraction of sp³-hybridized carbons (Fsp3) is 0.583. The number of pyridine rings is 1. The Morgan fingerprint density at radius 3 is 2.84 bits per heavy atom. The number of piperidine rings is 1. The Balaban J connectivity index is 2.22. The van der Waals surface area contributed by atoms with Crippen molar-refractivity contribution in [3.05, 3.63) is 22.3 Å². The second-order valence-electron chi connectivity index (χ2n) is 4.67. The van der Waals surface area contributed by atoms with Gasteiger partial charge in [0.2, 0.25) is 0 Å². The zero-order valence-electron chi connectivity index (χ0n) is 10.3. The van der Waals surface area contributed by atoms with Gasteiger partial charge in [-0.05, 0) is 34.8 Å². The van der Waals surface area contributed by atoms with Crippen molar-refractivity contribution in [2.75, 3.05) is 18.0 Å². The fourth-order valence-electron chi connectivity index (χ4n) is 2.35. The van der Waals surface area contributed by atoms with Crippen LogP contribution in [-0.4, -0.2) is 24.2 Å². The summed E-state index contributed by atoms with van der Waals surface area (Å²) in [5.41, 5.74) is 6.40. The van der Waals surface area contributed by atoms with E-state index in [1.165, 1.54) is 0 Å². The van der Waals surface area contributed by atoms with Gasteiger partial charge in [0, 0.05) is 35.9 Å². The van der Waals surface area contributed by atoms with Crippen molar-refractivity contribution in [2.24, 2.45) is 11.7 Å². The number of nitrogens with two attached hydrogens (primary N) is 1. The van der Waals surface area contributed by atoms with Gasteiger partial charge in [-0.25, -0.2) is 4.98 Å². The molecule has 1 atom stereocenters. The summed E-state index contributed by atoms with van der Waals surface area (Å²) < 4.78 is 39.2. The standard InChI is InChI=1S/C12H15BrF3N3/c13-10-4-8(5-17)11(18-6-10)19-3-1-2-9(7-19)12(14,15)16/h4,6,9H,1-3,5,7,17H2. The number of anilines is 1. The largest absolute Gasteiger partial charge is 0.393 e. The topological polar surface area (TPSA) is 42.1 Å². The van der Waals surface area contributed by atoms with Crippen molar-refractivity contribution in [1.29, 1.82) is 0 Å². The van der Waals surface area contributed by atoms with Gasteiger partial charge >= 0.3 is 6.18 Å². The van der Waals surface area contributed by atoms with Crippen LogP contribution in [0.1, 0.15) is 18.4 Å². The van der Waals surface area contributed by atoms with Crippen LogP contribution >= 0.6 is 15.9 Å². The summed E-state index contributed by atoms with van der Waals surface area (Å²) in [6, 6.07) is 1.81. The van der Waals surface area contributed by atoms with Gasteiger partial charge in [-0.3, -0.25) is 0 Å². The average molecular weight is 338 g/mol. The molecular weight excluding hydrogens is 323 g/mol. The maximum absolute atomic E-state index is 12.8. The summed E-state index contributed by atoms with van der Waals surface area (Å²) in [7, 11) is 0. The molecule has 1 aromatic rings. The lowest BCUT2D eigenvalue weighted by molar-refractivity contribution is -0.176. The molecule has 1 aliphatic rings. The van der Waals surface area contributed by atoms with Gasteiger partial charge in [0.05, 0.1) is 5.92 Å². The van der Waals surface area contributed by atoms with E-state index < -0.39 is 12.1 Å². The number of hydrogen-bond acceptors (Lipinski definition) is 3. The van der Waals surface area contributed by atoms with Crippen molar-refractivity contribution in [3.63, 3.8) is 0 Å². The first-order valence-electron chi connectivity index (χ1n) is 6.08. The zero-order chi connectivity index (χ0) is 14.0. The van der Waals surface area contributed by atoms with Gasteiger partial charge in [0.15, 0.2) is 0 Å². The maximum atomic E-state index is 12.8. The third-order valence-electron chi connectivity index (χ3n) is 3.31. The molecular formula is C12H15BrF3N3. The highest BCUT2D eigenvalue weighted by atomic mass is 79.9. The molecule has 2 heterocycles. The zero-order valence-corrected chi connectivity index (χ0v) is 11.8. The minimum atomic E-state index is -4.14. The molecule has 0 spiro atoms. The van der Waals surface area contributed by atoms with E-state index in [-0.39, 0.29) is 19.5 Å². The molecule has 0 radical (unpaired) electrons. The number of hydrogen-bond donors (Lipinski definition) is 1. The van der Waals surface area contributed by atoms with E-state index in [1.807, 2.05) is 0 Å². The van der Waals surface area contributed by atoms with Crippen molar-refractivity contribution in [3.8, 4) is 0 Å². The van der Waals surface area contributed by atoms with Gasteiger partial charge in [0.25, 0.3) is 0 Å². The van der Waals surface area contributed by atoms with E-state index in [9.17, 15) is 13.2 Å². The normalized spacial score (nSPS) is 20.7. The summed E-state index contributed by atoms with van der Waals surface area (Å²) in [6.45, 7) is 0.814. The van der Waals surface area contributed by atoms with E-state index in [1.54, 1.807) is 17.2 Å². The van der Waals surface area contributed by atoms with Gasteiger partial charge in [-0.2, -0.15) is 13.2 Å². The van der Waals surface area contributed by atoms with E-state index in [4.69, 9.17) is 5.73 Å². The molecule has 1 saturated heterocycles. The molecule has 2 N–H and O–H groups in total. The van der Waals surface area contributed by atoms with Crippen LogP contribution in [0.25, 0.3) is 0 Å². The Kier molecular flexibility index (Phi) is 4.35. The summed E-state index contributed by atoms with van der Waals surface area (Å²) >= 11 is 3.29. The minimum Gasteiger partial charge on any atom is -0.356 e. The molecule has 0 aromatic carbocycles. The molecule has 0 amide bonds. The maximum Gasteiger partial charge on any atom is 0.393 e. The van der Waals surface area contributed by atoms with Crippen LogP contribution in [0, 0.1) is 5.92 Å². The van der Waals surface area contributed by atoms with Crippen molar-refractivity contribution < 1.29 is 13.2 Å². The van der Waals surface area contributed by atoms with Gasteiger partial charge in [0.1, 0.15) is 5.82 Å². The molecule has 106 valence electrons. The van der Waals surface area contributed by atoms with E-state index in [0.717, 1.165) is 10.0 Å². The van der Waals surface area contributed by atoms with Gasteiger partial charge in [-0.1, -0.05) is 0 Å². The number of alkyl halides is 3. The summed E-state index contributed by atoms with van der Waals surface area (Å²) in [4.78, 5) is 5.91. The van der Waals surface area contributed by atoms with E-state index >= 15 is 0 Å². The van der Waals surface area contributed by atoms with Crippen LogP contribution in [0.15, 0.2) is 16.7 Å². The Hall–Kier alpha value is -0.820. The smallest absolute Gasteiger partial charge is 0.356 e. The van der Waals surface area contributed by atoms with Crippen LogP contribution in [0.5, 0.6) is 0 Å². The predicted octanol–water partition coefficient (Wildman–Crippen LogP) is 3.08. The Morgan fingerprint density at radius 1 is 1.47 bits per heavy atom. The Labute approximate surface area is 118 Å². The number of rotatable bonds is 2. The predicted molar refractivity (Wildman–Crippen MR) is 70.8 cm³/mol. The van der Waals surface area contributed by atoms with Crippen LogP contribution < -0.4 is 10.6 Å². The first-order valence-corrected chi connectivity index (χ1v) is 6.87.